The van der Waals surface area contributed by atoms with E-state index in [1.165, 1.54) is 24.3 Å². The number of alkyl halides is 3. The Kier molecular flexibility index (Phi) is 8.29. The zero-order valence-electron chi connectivity index (χ0n) is 27.4. The molecule has 3 aromatic carbocycles. The summed E-state index contributed by atoms with van der Waals surface area (Å²) in [6.07, 6.45) is 0.415. The number of nitrogens with zero attached hydrogens (tertiary/aromatic N) is 2. The minimum absolute atomic E-state index is 0.0378. The van der Waals surface area contributed by atoms with E-state index in [2.05, 4.69) is 18.7 Å². The molecule has 45 heavy (non-hydrogen) atoms. The summed E-state index contributed by atoms with van der Waals surface area (Å²) >= 11 is 0. The van der Waals surface area contributed by atoms with Gasteiger partial charge in [0, 0.05) is 41.8 Å². The van der Waals surface area contributed by atoms with Crippen LogP contribution in [0.5, 0.6) is 0 Å². The van der Waals surface area contributed by atoms with E-state index in [1.807, 2.05) is 46.1 Å². The molecule has 3 aromatic rings. The van der Waals surface area contributed by atoms with Gasteiger partial charge in [0.25, 0.3) is 0 Å². The molecule has 1 atom stereocenters. The lowest BCUT2D eigenvalue weighted by molar-refractivity contribution is -0.438. The molecule has 2 aliphatic rings. The summed E-state index contributed by atoms with van der Waals surface area (Å²) in [5.41, 5.74) is 0.857. The first-order valence-electron chi connectivity index (χ1n) is 15.8. The van der Waals surface area contributed by atoms with Crippen molar-refractivity contribution in [1.82, 2.24) is 0 Å². The topological polar surface area (TPSA) is 40.4 Å². The highest BCUT2D eigenvalue weighted by molar-refractivity contribution is 6.15. The summed E-state index contributed by atoms with van der Waals surface area (Å²) in [4.78, 5) is 29.5. The molecular weight excluding hydrogens is 580 g/mol. The highest BCUT2D eigenvalue weighted by atomic mass is 19.4. The van der Waals surface area contributed by atoms with Crippen LogP contribution >= 0.6 is 0 Å². The summed E-state index contributed by atoms with van der Waals surface area (Å²) in [7, 11) is 0. The largest absolute Gasteiger partial charge is 0.416 e. The van der Waals surface area contributed by atoms with Gasteiger partial charge < -0.3 is 4.90 Å². The van der Waals surface area contributed by atoms with Crippen LogP contribution < -0.4 is 26.2 Å². The maximum atomic E-state index is 14.4. The number of fused-ring (bicyclic) bond motifs is 2. The van der Waals surface area contributed by atoms with Crippen LogP contribution in [-0.4, -0.2) is 29.4 Å². The predicted octanol–water partition coefficient (Wildman–Crippen LogP) is 6.34. The molecule has 0 amide bonds. The minimum atomic E-state index is -4.49. The van der Waals surface area contributed by atoms with Gasteiger partial charge in [-0.2, -0.15) is 17.7 Å². The van der Waals surface area contributed by atoms with Crippen molar-refractivity contribution in [2.45, 2.75) is 91.3 Å². The SMILES string of the molecule is CC(C)CCN1c2cc(F)ccc2C(C)(C)C1C=c1c(=O)c(=CC2=[N+](CCC(C)C)c3cc(C(F)(F)F)ccc3C2(C)C)c1=O. The quantitative estimate of drug-likeness (QED) is 0.217. The van der Waals surface area contributed by atoms with Crippen LogP contribution in [0.4, 0.5) is 28.9 Å². The second-order valence-electron chi connectivity index (χ2n) is 14.6. The predicted molar refractivity (Wildman–Crippen MR) is 173 cm³/mol. The highest BCUT2D eigenvalue weighted by Crippen LogP contribution is 2.46. The molecule has 4 nitrogen and oxygen atoms in total. The third-order valence-electron chi connectivity index (χ3n) is 9.72. The fourth-order valence-corrected chi connectivity index (χ4v) is 6.90. The van der Waals surface area contributed by atoms with E-state index in [-0.39, 0.29) is 33.2 Å². The van der Waals surface area contributed by atoms with Gasteiger partial charge in [0.2, 0.25) is 16.5 Å². The Hall–Kier alpha value is -3.55. The Balaban J connectivity index is 1.64. The molecule has 1 unspecified atom stereocenters. The molecule has 0 fully saturated rings. The lowest BCUT2D eigenvalue weighted by Crippen LogP contribution is -2.66. The van der Waals surface area contributed by atoms with Crippen molar-refractivity contribution in [1.29, 1.82) is 0 Å². The van der Waals surface area contributed by atoms with Gasteiger partial charge >= 0.3 is 6.18 Å². The second kappa shape index (κ2) is 11.4. The molecule has 0 aliphatic carbocycles. The van der Waals surface area contributed by atoms with Crippen molar-refractivity contribution in [3.05, 3.63) is 89.8 Å². The van der Waals surface area contributed by atoms with E-state index in [0.29, 0.717) is 36.3 Å². The average molecular weight is 624 g/mol. The Morgan fingerprint density at radius 2 is 1.51 bits per heavy atom. The van der Waals surface area contributed by atoms with Crippen LogP contribution in [0, 0.1) is 17.7 Å². The first-order valence-corrected chi connectivity index (χ1v) is 15.8. The van der Waals surface area contributed by atoms with Gasteiger partial charge in [0.15, 0.2) is 5.71 Å². The fraction of sp³-hybridized carbons (Fsp3) is 0.486. The molecule has 2 aliphatic heterocycles. The van der Waals surface area contributed by atoms with Crippen LogP contribution in [0.15, 0.2) is 46.0 Å². The summed E-state index contributed by atoms with van der Waals surface area (Å²) < 4.78 is 57.3. The molecule has 2 heterocycles. The van der Waals surface area contributed by atoms with Crippen molar-refractivity contribution in [2.24, 2.45) is 11.8 Å². The number of anilines is 1. The van der Waals surface area contributed by atoms with Gasteiger partial charge in [-0.25, -0.2) is 4.39 Å². The lowest BCUT2D eigenvalue weighted by Gasteiger charge is -2.33. The molecule has 0 spiro atoms. The van der Waals surface area contributed by atoms with Crippen LogP contribution in [0.1, 0.15) is 84.9 Å². The number of hydrogen-bond donors (Lipinski definition) is 0. The molecule has 0 aromatic heterocycles. The van der Waals surface area contributed by atoms with Crippen LogP contribution in [0.25, 0.3) is 12.2 Å². The first kappa shape index (κ1) is 32.8. The number of rotatable bonds is 8. The van der Waals surface area contributed by atoms with Gasteiger partial charge in [0.1, 0.15) is 12.4 Å². The van der Waals surface area contributed by atoms with Crippen molar-refractivity contribution in [3.63, 3.8) is 0 Å². The molecule has 0 radical (unpaired) electrons. The van der Waals surface area contributed by atoms with Gasteiger partial charge in [-0.15, -0.1) is 0 Å². The van der Waals surface area contributed by atoms with Crippen LogP contribution in [0.3, 0.4) is 0 Å². The third kappa shape index (κ3) is 5.70. The maximum Gasteiger partial charge on any atom is 0.416 e. The van der Waals surface area contributed by atoms with Gasteiger partial charge in [0.05, 0.1) is 27.5 Å². The molecule has 0 bridgehead atoms. The number of hydrogen-bond acceptors (Lipinski definition) is 3. The molecule has 240 valence electrons. The molecule has 0 saturated carbocycles. The van der Waals surface area contributed by atoms with E-state index >= 15 is 0 Å². The molecule has 0 N–H and O–H groups in total. The smallest absolute Gasteiger partial charge is 0.364 e. The summed E-state index contributed by atoms with van der Waals surface area (Å²) in [5.74, 6) is 0.363. The molecule has 5 rings (SSSR count). The monoisotopic (exact) mass is 623 g/mol. The zero-order valence-corrected chi connectivity index (χ0v) is 27.4. The van der Waals surface area contributed by atoms with Gasteiger partial charge in [-0.3, -0.25) is 9.59 Å². The Morgan fingerprint density at radius 1 is 0.889 bits per heavy atom. The van der Waals surface area contributed by atoms with Crippen molar-refractivity contribution >= 4 is 29.2 Å². The Bertz CT molecular complexity index is 1840. The summed E-state index contributed by atoms with van der Waals surface area (Å²) in [5, 5.41) is 0.139. The van der Waals surface area contributed by atoms with E-state index in [4.69, 9.17) is 0 Å². The zero-order chi connectivity index (χ0) is 33.2. The Morgan fingerprint density at radius 3 is 2.11 bits per heavy atom. The number of benzene rings is 2. The van der Waals surface area contributed by atoms with Crippen molar-refractivity contribution in [3.8, 4) is 0 Å². The minimum Gasteiger partial charge on any atom is -0.364 e. The van der Waals surface area contributed by atoms with Gasteiger partial charge in [-0.05, 0) is 61.9 Å². The average Bonchev–Trinajstić information content (AvgIpc) is 3.28. The maximum absolute atomic E-state index is 14.4. The van der Waals surface area contributed by atoms with Gasteiger partial charge in [-0.1, -0.05) is 53.7 Å². The molecular formula is C37H43F4N2O2+. The third-order valence-corrected chi connectivity index (χ3v) is 9.72. The first-order chi connectivity index (χ1) is 20.9. The molecule has 0 saturated heterocycles. The van der Waals surface area contributed by atoms with E-state index in [1.54, 1.807) is 18.2 Å². The number of halogens is 4. The normalized spacial score (nSPS) is 18.7. The van der Waals surface area contributed by atoms with Crippen molar-refractivity contribution in [2.75, 3.05) is 18.0 Å². The summed E-state index contributed by atoms with van der Waals surface area (Å²) in [6, 6.07) is 8.20. The second-order valence-corrected chi connectivity index (χ2v) is 14.6. The van der Waals surface area contributed by atoms with E-state index in [0.717, 1.165) is 35.7 Å². The lowest BCUT2D eigenvalue weighted by atomic mass is 9.79. The Labute approximate surface area is 262 Å². The highest BCUT2D eigenvalue weighted by Gasteiger charge is 2.47. The van der Waals surface area contributed by atoms with Crippen LogP contribution in [-0.2, 0) is 17.0 Å². The summed E-state index contributed by atoms with van der Waals surface area (Å²) in [6.45, 7) is 17.3. The van der Waals surface area contributed by atoms with Crippen LogP contribution in [0.2, 0.25) is 0 Å². The van der Waals surface area contributed by atoms with E-state index < -0.39 is 22.6 Å². The standard InChI is InChI=1S/C37H43F4N2O2/c1-21(2)13-15-42-29-17-23(37(39,40)41)9-11-27(29)35(5,6)31(42)19-25-33(44)26(34(25)45)20-32-36(7,8)28-12-10-24(38)18-30(28)43(32)16-14-22(3)4/h9-12,17-22,32H,13-16H2,1-8H3/q+1. The van der Waals surface area contributed by atoms with E-state index in [9.17, 15) is 27.2 Å². The van der Waals surface area contributed by atoms with Crippen molar-refractivity contribution < 1.29 is 22.1 Å². The molecule has 8 heteroatoms. The fourth-order valence-electron chi connectivity index (χ4n) is 6.90.